The van der Waals surface area contributed by atoms with E-state index in [9.17, 15) is 0 Å². The van der Waals surface area contributed by atoms with E-state index in [2.05, 4.69) is 13.5 Å². The maximum absolute atomic E-state index is 5.86. The molecule has 0 unspecified atom stereocenters. The lowest BCUT2D eigenvalue weighted by Crippen LogP contribution is -2.29. The van der Waals surface area contributed by atoms with Crippen LogP contribution in [0.2, 0.25) is 0 Å². The van der Waals surface area contributed by atoms with Crippen molar-refractivity contribution in [2.45, 2.75) is 32.0 Å². The van der Waals surface area contributed by atoms with Crippen molar-refractivity contribution in [2.24, 2.45) is 5.92 Å². The minimum atomic E-state index is 0.125. The molecule has 1 aliphatic rings. The van der Waals surface area contributed by atoms with Crippen LogP contribution in [-0.4, -0.2) is 12.2 Å². The Morgan fingerprint density at radius 1 is 1.22 bits per heavy atom. The van der Waals surface area contributed by atoms with Gasteiger partial charge in [-0.1, -0.05) is 31.2 Å². The van der Waals surface area contributed by atoms with Crippen molar-refractivity contribution in [3.8, 4) is 5.75 Å². The van der Waals surface area contributed by atoms with Gasteiger partial charge in [0.15, 0.2) is 0 Å². The van der Waals surface area contributed by atoms with Gasteiger partial charge in [-0.25, -0.2) is 0 Å². The molecule has 0 N–H and O–H groups in total. The molecule has 3 atom stereocenters. The van der Waals surface area contributed by atoms with Gasteiger partial charge in [-0.05, 0) is 37.0 Å². The van der Waals surface area contributed by atoms with Gasteiger partial charge in [-0.3, -0.25) is 0 Å². The van der Waals surface area contributed by atoms with Crippen LogP contribution in [0.3, 0.4) is 0 Å². The molecule has 0 radical (unpaired) electrons. The molecule has 0 amide bonds. The molecule has 1 heterocycles. The molecule has 0 aromatic heterocycles. The zero-order valence-electron chi connectivity index (χ0n) is 10.8. The predicted molar refractivity (Wildman–Crippen MR) is 73.5 cm³/mol. The zero-order chi connectivity index (χ0) is 12.8. The molecular weight excluding hydrogens is 224 g/mol. The Balaban J connectivity index is 1.87. The summed E-state index contributed by atoms with van der Waals surface area (Å²) in [4.78, 5) is 0. The van der Waals surface area contributed by atoms with E-state index in [0.717, 1.165) is 18.6 Å². The van der Waals surface area contributed by atoms with Crippen LogP contribution < -0.4 is 4.74 Å². The molecule has 18 heavy (non-hydrogen) atoms. The van der Waals surface area contributed by atoms with Crippen molar-refractivity contribution >= 4 is 0 Å². The minimum absolute atomic E-state index is 0.125. The van der Waals surface area contributed by atoms with Crippen molar-refractivity contribution in [2.75, 3.05) is 0 Å². The highest BCUT2D eigenvalue weighted by atomic mass is 16.5. The number of ether oxygens (including phenoxy) is 2. The number of hydrogen-bond acceptors (Lipinski definition) is 2. The number of rotatable bonds is 4. The lowest BCUT2D eigenvalue weighted by molar-refractivity contribution is -0.0193. The van der Waals surface area contributed by atoms with Crippen LogP contribution in [0.25, 0.3) is 0 Å². The summed E-state index contributed by atoms with van der Waals surface area (Å²) in [6.07, 6.45) is 7.98. The van der Waals surface area contributed by atoms with E-state index >= 15 is 0 Å². The molecule has 0 saturated carbocycles. The van der Waals surface area contributed by atoms with Gasteiger partial charge >= 0.3 is 0 Å². The molecule has 96 valence electrons. The first-order valence-electron chi connectivity index (χ1n) is 6.44. The van der Waals surface area contributed by atoms with Gasteiger partial charge in [0.25, 0.3) is 0 Å². The second kappa shape index (κ2) is 6.41. The first-order chi connectivity index (χ1) is 8.78. The topological polar surface area (TPSA) is 18.5 Å². The van der Waals surface area contributed by atoms with Gasteiger partial charge in [0, 0.05) is 0 Å². The van der Waals surface area contributed by atoms with Crippen molar-refractivity contribution < 1.29 is 9.47 Å². The summed E-state index contributed by atoms with van der Waals surface area (Å²) >= 11 is 0. The third kappa shape index (κ3) is 3.74. The summed E-state index contributed by atoms with van der Waals surface area (Å²) in [5, 5.41) is 0. The fourth-order valence-electron chi connectivity index (χ4n) is 2.21. The molecule has 1 saturated heterocycles. The molecule has 0 aliphatic carbocycles. The largest absolute Gasteiger partial charge is 0.465 e. The molecule has 2 nitrogen and oxygen atoms in total. The van der Waals surface area contributed by atoms with E-state index < -0.39 is 0 Å². The molecule has 1 aliphatic heterocycles. The molecule has 1 aromatic carbocycles. The highest BCUT2D eigenvalue weighted by Gasteiger charge is 2.23. The van der Waals surface area contributed by atoms with Gasteiger partial charge in [0.2, 0.25) is 0 Å². The Kier molecular flexibility index (Phi) is 4.59. The predicted octanol–water partition coefficient (Wildman–Crippen LogP) is 3.95. The fraction of sp³-hybridized carbons (Fsp3) is 0.375. The molecule has 2 heteroatoms. The van der Waals surface area contributed by atoms with Gasteiger partial charge < -0.3 is 9.47 Å². The summed E-state index contributed by atoms with van der Waals surface area (Å²) < 4.78 is 11.4. The number of benzene rings is 1. The van der Waals surface area contributed by atoms with Gasteiger partial charge in [0.1, 0.15) is 5.75 Å². The summed E-state index contributed by atoms with van der Waals surface area (Å²) in [6.45, 7) is 6.05. The lowest BCUT2D eigenvalue weighted by atomic mass is 9.93. The maximum atomic E-state index is 5.86. The van der Waals surface area contributed by atoms with Crippen LogP contribution in [-0.2, 0) is 4.74 Å². The second-order valence-electron chi connectivity index (χ2n) is 4.78. The van der Waals surface area contributed by atoms with E-state index in [4.69, 9.17) is 9.47 Å². The minimum Gasteiger partial charge on any atom is -0.465 e. The third-order valence-corrected chi connectivity index (χ3v) is 3.12. The summed E-state index contributed by atoms with van der Waals surface area (Å²) in [5.74, 6) is 1.51. The van der Waals surface area contributed by atoms with Crippen LogP contribution in [0.4, 0.5) is 0 Å². The Labute approximate surface area is 109 Å². The van der Waals surface area contributed by atoms with Crippen molar-refractivity contribution in [1.29, 1.82) is 0 Å². The fourth-order valence-corrected chi connectivity index (χ4v) is 2.21. The van der Waals surface area contributed by atoms with Crippen LogP contribution in [0.1, 0.15) is 19.8 Å². The molecule has 1 aromatic rings. The van der Waals surface area contributed by atoms with E-state index in [1.807, 2.05) is 42.5 Å². The molecule has 2 rings (SSSR count). The number of para-hydroxylation sites is 1. The van der Waals surface area contributed by atoms with E-state index in [1.165, 1.54) is 0 Å². The smallest absolute Gasteiger partial charge is 0.126 e. The Morgan fingerprint density at radius 3 is 2.67 bits per heavy atom. The standard InChI is InChI=1S/C16H20O2/c1-3-14-11-13(2)12-16(18-14)9-10-17-15-7-5-4-6-8-15/h3-10,13-14,16H,1,11-12H2,2H3/b10-9-/t13-,14+,16-/m0/s1. The van der Waals surface area contributed by atoms with E-state index in [-0.39, 0.29) is 12.2 Å². The van der Waals surface area contributed by atoms with Crippen molar-refractivity contribution in [1.82, 2.24) is 0 Å². The van der Waals surface area contributed by atoms with Crippen LogP contribution >= 0.6 is 0 Å². The Morgan fingerprint density at radius 2 is 1.94 bits per heavy atom. The monoisotopic (exact) mass is 244 g/mol. The summed E-state index contributed by atoms with van der Waals surface area (Å²) in [6, 6.07) is 9.74. The van der Waals surface area contributed by atoms with Crippen LogP contribution in [0.5, 0.6) is 5.75 Å². The SMILES string of the molecule is C=C[C@@H]1C[C@H](C)C[C@H](/C=C\Oc2ccccc2)O1. The Hall–Kier alpha value is -1.54. The molecular formula is C16H20O2. The second-order valence-corrected chi connectivity index (χ2v) is 4.78. The normalized spacial score (nSPS) is 28.2. The third-order valence-electron chi connectivity index (χ3n) is 3.12. The lowest BCUT2D eigenvalue weighted by Gasteiger charge is -2.30. The van der Waals surface area contributed by atoms with Gasteiger partial charge in [-0.2, -0.15) is 0 Å². The van der Waals surface area contributed by atoms with Gasteiger partial charge in [0.05, 0.1) is 18.5 Å². The highest BCUT2D eigenvalue weighted by molar-refractivity contribution is 5.21. The first kappa shape index (κ1) is 12.9. The van der Waals surface area contributed by atoms with Crippen molar-refractivity contribution in [3.63, 3.8) is 0 Å². The van der Waals surface area contributed by atoms with Gasteiger partial charge in [-0.15, -0.1) is 6.58 Å². The van der Waals surface area contributed by atoms with E-state index in [1.54, 1.807) is 6.26 Å². The quantitative estimate of drug-likeness (QED) is 0.590. The van der Waals surface area contributed by atoms with Crippen LogP contribution in [0, 0.1) is 5.92 Å². The molecule has 0 bridgehead atoms. The Bertz CT molecular complexity index is 397. The highest BCUT2D eigenvalue weighted by Crippen LogP contribution is 2.25. The van der Waals surface area contributed by atoms with Crippen LogP contribution in [0.15, 0.2) is 55.3 Å². The van der Waals surface area contributed by atoms with Crippen molar-refractivity contribution in [3.05, 3.63) is 55.3 Å². The molecule has 0 spiro atoms. The number of hydrogen-bond donors (Lipinski definition) is 0. The average molecular weight is 244 g/mol. The summed E-state index contributed by atoms with van der Waals surface area (Å²) in [7, 11) is 0. The first-order valence-corrected chi connectivity index (χ1v) is 6.44. The average Bonchev–Trinajstić information content (AvgIpc) is 2.39. The van der Waals surface area contributed by atoms with E-state index in [0.29, 0.717) is 5.92 Å². The summed E-state index contributed by atoms with van der Waals surface area (Å²) in [5.41, 5.74) is 0. The maximum Gasteiger partial charge on any atom is 0.126 e. The zero-order valence-corrected chi connectivity index (χ0v) is 10.8. The molecule has 1 fully saturated rings.